The molecule has 6 heterocycles. The van der Waals surface area contributed by atoms with Crippen LogP contribution in [0.4, 0.5) is 0 Å². The molecule has 0 amide bonds. The van der Waals surface area contributed by atoms with Gasteiger partial charge < -0.3 is 47.4 Å². The van der Waals surface area contributed by atoms with Crippen molar-refractivity contribution in [2.24, 2.45) is 11.8 Å². The van der Waals surface area contributed by atoms with Crippen LogP contribution in [0.5, 0.6) is 11.5 Å². The summed E-state index contributed by atoms with van der Waals surface area (Å²) in [5, 5.41) is 0. The molecule has 5 saturated heterocycles. The van der Waals surface area contributed by atoms with Crippen molar-refractivity contribution in [3.63, 3.8) is 0 Å². The summed E-state index contributed by atoms with van der Waals surface area (Å²) < 4.78 is 58.9. The maximum atomic E-state index is 12.4. The third-order valence-corrected chi connectivity index (χ3v) is 16.1. The second-order valence-corrected chi connectivity index (χ2v) is 23.3. The smallest absolute Gasteiger partial charge is 0.336 e. The molecule has 3 aliphatic carbocycles. The molecule has 5 unspecified atom stereocenters. The number of benzene rings is 5. The first-order valence-electron chi connectivity index (χ1n) is 29.1. The minimum atomic E-state index is -0.553. The van der Waals surface area contributed by atoms with E-state index in [1.165, 1.54) is 80.3 Å². The van der Waals surface area contributed by atoms with Gasteiger partial charge in [-0.05, 0) is 138 Å². The van der Waals surface area contributed by atoms with E-state index in [9.17, 15) is 14.4 Å². The lowest BCUT2D eigenvalue weighted by atomic mass is 9.78. The van der Waals surface area contributed by atoms with Gasteiger partial charge in [0.15, 0.2) is 12.6 Å². The Kier molecular flexibility index (Phi) is 18.4. The Balaban J connectivity index is 0.000000133. The monoisotopic (exact) mass is 1120 g/mol. The van der Waals surface area contributed by atoms with Gasteiger partial charge in [0, 0.05) is 12.0 Å². The zero-order valence-corrected chi connectivity index (χ0v) is 46.6. The second-order valence-electron chi connectivity index (χ2n) is 23.3. The average molecular weight is 1120 g/mol. The van der Waals surface area contributed by atoms with Crippen LogP contribution < -0.4 is 26.5 Å². The fourth-order valence-corrected chi connectivity index (χ4v) is 9.85. The summed E-state index contributed by atoms with van der Waals surface area (Å²) in [7, 11) is 0. The lowest BCUT2D eigenvalue weighted by Gasteiger charge is -2.26. The Labute approximate surface area is 480 Å². The summed E-state index contributed by atoms with van der Waals surface area (Å²) in [6.07, 6.45) is 9.20. The molecule has 0 bridgehead atoms. The van der Waals surface area contributed by atoms with E-state index in [1.54, 1.807) is 0 Å². The van der Waals surface area contributed by atoms with Gasteiger partial charge in [-0.1, -0.05) is 112 Å². The van der Waals surface area contributed by atoms with E-state index in [-0.39, 0.29) is 56.8 Å². The van der Waals surface area contributed by atoms with Crippen molar-refractivity contribution in [1.29, 1.82) is 0 Å². The fourth-order valence-electron chi connectivity index (χ4n) is 9.85. The van der Waals surface area contributed by atoms with Gasteiger partial charge in [0.2, 0.25) is 0 Å². The van der Waals surface area contributed by atoms with Crippen molar-refractivity contribution < 1.29 is 47.4 Å². The summed E-state index contributed by atoms with van der Waals surface area (Å²) in [6.45, 7) is 11.9. The van der Waals surface area contributed by atoms with Crippen LogP contribution in [0.1, 0.15) is 110 Å². The largest absolute Gasteiger partial charge is 0.493 e. The van der Waals surface area contributed by atoms with E-state index < -0.39 is 17.1 Å². The van der Waals surface area contributed by atoms with Crippen molar-refractivity contribution in [3.05, 3.63) is 197 Å². The van der Waals surface area contributed by atoms with E-state index in [1.807, 2.05) is 12.1 Å². The highest BCUT2D eigenvalue weighted by atomic mass is 16.8. The summed E-state index contributed by atoms with van der Waals surface area (Å²) >= 11 is 0. The molecule has 436 valence electrons. The zero-order valence-electron chi connectivity index (χ0n) is 46.6. The molecule has 6 aromatic rings. The van der Waals surface area contributed by atoms with Gasteiger partial charge in [0.1, 0.15) is 37.4 Å². The highest BCUT2D eigenvalue weighted by Crippen LogP contribution is 2.35. The Morgan fingerprint density at radius 3 is 1.29 bits per heavy atom. The van der Waals surface area contributed by atoms with Crippen LogP contribution in [-0.4, -0.2) is 96.9 Å². The number of rotatable bonds is 27. The molecule has 16 nitrogen and oxygen atoms in total. The van der Waals surface area contributed by atoms with Crippen molar-refractivity contribution in [2.45, 2.75) is 155 Å². The Morgan fingerprint density at radius 1 is 0.439 bits per heavy atom. The van der Waals surface area contributed by atoms with Crippen LogP contribution in [0.15, 0.2) is 130 Å². The molecule has 82 heavy (non-hydrogen) atoms. The molecule has 5 atom stereocenters. The quantitative estimate of drug-likeness (QED) is 0.0448. The molecule has 5 aliphatic heterocycles. The first-order valence-corrected chi connectivity index (χ1v) is 29.1. The van der Waals surface area contributed by atoms with Crippen LogP contribution in [0, 0.1) is 11.8 Å². The molecule has 3 saturated carbocycles. The predicted molar refractivity (Wildman–Crippen MR) is 308 cm³/mol. The minimum absolute atomic E-state index is 0. The summed E-state index contributed by atoms with van der Waals surface area (Å²) in [5.74, 6) is 3.03. The van der Waals surface area contributed by atoms with E-state index in [0.29, 0.717) is 71.4 Å². The minimum Gasteiger partial charge on any atom is -0.493 e. The van der Waals surface area contributed by atoms with Crippen molar-refractivity contribution >= 4 is 0 Å². The number of aromatic nitrogens is 3. The number of ether oxygens (including phenoxy) is 10. The molecule has 5 aromatic carbocycles. The van der Waals surface area contributed by atoms with E-state index in [0.717, 1.165) is 65.4 Å². The van der Waals surface area contributed by atoms with Gasteiger partial charge >= 0.3 is 17.1 Å². The Bertz CT molecular complexity index is 2990. The number of nitrogens with zero attached hydrogens (tertiary/aromatic N) is 3. The average Bonchev–Trinajstić information content (AvgIpc) is 4.42. The SMILES string of the molecule is C.CC(C)(c1ccc(OCC2CC2)cc1)c1ccc(OCC2CO2)cc1.O=c1n(CC2CC2)c(=O)n(CC2CO2)c(=O)n1CC1CO1.c1ccc(Cc2cccc(Cc3ccccc3COC3CO3)c2COC2CO2)c(COC2CC2)c1. The van der Waals surface area contributed by atoms with E-state index in [4.69, 9.17) is 47.4 Å². The molecule has 8 aliphatic rings. The number of epoxide rings is 5. The first-order chi connectivity index (χ1) is 39.6. The predicted octanol–water partition coefficient (Wildman–Crippen LogP) is 8.89. The summed E-state index contributed by atoms with van der Waals surface area (Å²) in [4.78, 5) is 37.2. The van der Waals surface area contributed by atoms with Gasteiger partial charge in [-0.2, -0.15) is 0 Å². The molecule has 0 spiro atoms. The van der Waals surface area contributed by atoms with E-state index >= 15 is 0 Å². The number of hydrogen-bond donors (Lipinski definition) is 0. The molecular weight excluding hydrogens is 1040 g/mol. The highest BCUT2D eigenvalue weighted by molar-refractivity contribution is 5.44. The van der Waals surface area contributed by atoms with Crippen LogP contribution in [-0.2, 0) is 95.6 Å². The van der Waals surface area contributed by atoms with Crippen LogP contribution in [0.2, 0.25) is 0 Å². The van der Waals surface area contributed by atoms with Gasteiger partial charge in [-0.25, -0.2) is 28.1 Å². The van der Waals surface area contributed by atoms with Gasteiger partial charge in [-0.3, -0.25) is 0 Å². The van der Waals surface area contributed by atoms with E-state index in [2.05, 4.69) is 117 Å². The first kappa shape index (κ1) is 57.6. The maximum Gasteiger partial charge on any atom is 0.336 e. The van der Waals surface area contributed by atoms with Crippen molar-refractivity contribution in [1.82, 2.24) is 13.7 Å². The molecule has 16 heteroatoms. The topological polar surface area (TPSA) is 175 Å². The lowest BCUT2D eigenvalue weighted by Crippen LogP contribution is -2.55. The molecular formula is C66H79N3O13. The second kappa shape index (κ2) is 26.2. The normalized spacial score (nSPS) is 21.7. The summed E-state index contributed by atoms with van der Waals surface area (Å²) in [6, 6.07) is 40.7. The Morgan fingerprint density at radius 2 is 0.854 bits per heavy atom. The third kappa shape index (κ3) is 16.3. The molecule has 14 rings (SSSR count). The summed E-state index contributed by atoms with van der Waals surface area (Å²) in [5.41, 5.74) is 9.80. The van der Waals surface area contributed by atoms with Crippen LogP contribution >= 0.6 is 0 Å². The van der Waals surface area contributed by atoms with Gasteiger partial charge in [0.05, 0.1) is 77.6 Å². The van der Waals surface area contributed by atoms with Crippen molar-refractivity contribution in [3.8, 4) is 11.5 Å². The lowest BCUT2D eigenvalue weighted by molar-refractivity contribution is 0.0378. The van der Waals surface area contributed by atoms with Crippen molar-refractivity contribution in [2.75, 3.05) is 46.2 Å². The van der Waals surface area contributed by atoms with Gasteiger partial charge in [0.25, 0.3) is 0 Å². The zero-order chi connectivity index (χ0) is 55.3. The maximum absolute atomic E-state index is 12.4. The fraction of sp³-hybridized carbons (Fsp3) is 0.500. The molecule has 1 aromatic heterocycles. The molecule has 8 fully saturated rings. The Hall–Kier alpha value is -6.21. The van der Waals surface area contributed by atoms with Crippen LogP contribution in [0.25, 0.3) is 0 Å². The highest BCUT2D eigenvalue weighted by Gasteiger charge is 2.33. The third-order valence-electron chi connectivity index (χ3n) is 16.1. The number of hydrogen-bond acceptors (Lipinski definition) is 13. The van der Waals surface area contributed by atoms with Crippen LogP contribution in [0.3, 0.4) is 0 Å². The molecule has 0 N–H and O–H groups in total. The molecule has 0 radical (unpaired) electrons. The van der Waals surface area contributed by atoms with Gasteiger partial charge in [-0.15, -0.1) is 0 Å². The standard InChI is InChI=1S/C30H32O5.C22H26O3.C13H17N3O5.CH4/c1-3-8-25(16-31-27-12-13-27)21(6-1)14-23-10-5-11-24(28(23)18-33-30-20-35-30)15-22-7-2-4-9-26(22)17-32-29-19-34-29;1-22(2,17-5-9-19(10-6-17)23-13-16-3-4-16)18-7-11-20(12-8-18)24-14-21-15-25-21;17-11-14(3-8-1-2-8)12(18)16(5-10-7-21-10)13(19)15(11)4-9-6-20-9;/h1-11,27,29-30H,12-20H2;5-12,16,21H,3-4,13-15H2,1-2H3;8-10H,1-7H2;1H4.